The normalized spacial score (nSPS) is 14.5. The third-order valence-corrected chi connectivity index (χ3v) is 3.87. The van der Waals surface area contributed by atoms with Gasteiger partial charge in [-0.2, -0.15) is 0 Å². The van der Waals surface area contributed by atoms with Gasteiger partial charge in [0.15, 0.2) is 0 Å². The number of nitrogens with one attached hydrogen (secondary N) is 1. The average Bonchev–Trinajstić information content (AvgIpc) is 3.03. The Hall–Kier alpha value is -1.86. The Morgan fingerprint density at radius 2 is 2.24 bits per heavy atom. The van der Waals surface area contributed by atoms with Gasteiger partial charge in [-0.3, -0.25) is 4.79 Å². The van der Waals surface area contributed by atoms with Crippen LogP contribution >= 0.6 is 0 Å². The molecule has 4 nitrogen and oxygen atoms in total. The molecule has 0 aromatic carbocycles. The number of aliphatic hydroxyl groups is 1. The average molecular weight is 286 g/mol. The summed E-state index contributed by atoms with van der Waals surface area (Å²) in [6, 6.07) is 3.47. The molecule has 0 saturated heterocycles. The monoisotopic (exact) mass is 286 g/mol. The van der Waals surface area contributed by atoms with Crippen molar-refractivity contribution in [3.63, 3.8) is 0 Å². The summed E-state index contributed by atoms with van der Waals surface area (Å²) < 4.78 is 0. The van der Waals surface area contributed by atoms with Gasteiger partial charge < -0.3 is 10.4 Å². The molecular weight excluding hydrogens is 264 g/mol. The molecule has 0 aliphatic heterocycles. The summed E-state index contributed by atoms with van der Waals surface area (Å²) in [7, 11) is 0. The molecule has 0 radical (unpaired) electrons. The predicted molar refractivity (Wildman–Crippen MR) is 81.7 cm³/mol. The smallest absolute Gasteiger partial charge is 0.271 e. The number of amides is 1. The molecule has 0 bridgehead atoms. The van der Waals surface area contributed by atoms with Crippen molar-refractivity contribution in [2.45, 2.75) is 38.5 Å². The van der Waals surface area contributed by atoms with Crippen LogP contribution in [-0.2, 0) is 0 Å². The van der Waals surface area contributed by atoms with Crippen molar-refractivity contribution in [3.8, 4) is 11.8 Å². The Morgan fingerprint density at radius 1 is 1.43 bits per heavy atom. The largest absolute Gasteiger partial charge is 0.384 e. The quantitative estimate of drug-likeness (QED) is 0.644. The standard InChI is InChI=1S/C17H22N2O2/c20-13-5-10-15-9-4-11-18-16(15)17(21)19-12-3-8-14-6-1-2-7-14/h4,9,11,14,20H,1-3,6-8,12-13H2,(H,19,21). The number of aliphatic hydroxyl groups excluding tert-OH is 1. The van der Waals surface area contributed by atoms with E-state index in [0.717, 1.165) is 12.3 Å². The van der Waals surface area contributed by atoms with Gasteiger partial charge in [0, 0.05) is 12.7 Å². The van der Waals surface area contributed by atoms with Crippen molar-refractivity contribution >= 4 is 5.91 Å². The Balaban J connectivity index is 1.82. The first-order valence-electron chi connectivity index (χ1n) is 7.64. The zero-order valence-electron chi connectivity index (χ0n) is 12.3. The van der Waals surface area contributed by atoms with Crippen LogP contribution in [0.2, 0.25) is 0 Å². The van der Waals surface area contributed by atoms with Gasteiger partial charge in [0.2, 0.25) is 0 Å². The molecule has 1 aromatic rings. The summed E-state index contributed by atoms with van der Waals surface area (Å²) in [4.78, 5) is 16.2. The number of hydrogen-bond acceptors (Lipinski definition) is 3. The van der Waals surface area contributed by atoms with Crippen LogP contribution < -0.4 is 5.32 Å². The summed E-state index contributed by atoms with van der Waals surface area (Å²) in [5, 5.41) is 11.6. The lowest BCUT2D eigenvalue weighted by molar-refractivity contribution is 0.0947. The Bertz CT molecular complexity index is 525. The van der Waals surface area contributed by atoms with E-state index in [1.165, 1.54) is 32.1 Å². The molecule has 1 amide bonds. The molecule has 1 saturated carbocycles. The molecule has 1 aliphatic rings. The van der Waals surface area contributed by atoms with E-state index in [4.69, 9.17) is 5.11 Å². The predicted octanol–water partition coefficient (Wildman–Crippen LogP) is 2.13. The topological polar surface area (TPSA) is 62.2 Å². The fourth-order valence-corrected chi connectivity index (χ4v) is 2.80. The molecule has 1 heterocycles. The van der Waals surface area contributed by atoms with Gasteiger partial charge in [0.1, 0.15) is 12.3 Å². The van der Waals surface area contributed by atoms with Crippen LogP contribution in [0.1, 0.15) is 54.6 Å². The molecule has 21 heavy (non-hydrogen) atoms. The van der Waals surface area contributed by atoms with Crippen LogP contribution in [0.4, 0.5) is 0 Å². The van der Waals surface area contributed by atoms with Crippen molar-refractivity contribution in [1.82, 2.24) is 10.3 Å². The van der Waals surface area contributed by atoms with Crippen LogP contribution in [0.3, 0.4) is 0 Å². The molecule has 0 spiro atoms. The highest BCUT2D eigenvalue weighted by Crippen LogP contribution is 2.28. The highest BCUT2D eigenvalue weighted by molar-refractivity contribution is 5.94. The minimum Gasteiger partial charge on any atom is -0.384 e. The first-order valence-corrected chi connectivity index (χ1v) is 7.64. The summed E-state index contributed by atoms with van der Waals surface area (Å²) in [5.41, 5.74) is 0.888. The Labute approximate surface area is 126 Å². The van der Waals surface area contributed by atoms with Gasteiger partial charge in [-0.25, -0.2) is 4.98 Å². The lowest BCUT2D eigenvalue weighted by Crippen LogP contribution is -2.26. The Morgan fingerprint density at radius 3 is 3.00 bits per heavy atom. The van der Waals surface area contributed by atoms with E-state index in [0.29, 0.717) is 17.8 Å². The Kier molecular flexibility index (Phi) is 6.23. The third-order valence-electron chi connectivity index (χ3n) is 3.87. The molecule has 2 rings (SSSR count). The lowest BCUT2D eigenvalue weighted by atomic mass is 10.0. The maximum atomic E-state index is 12.1. The molecule has 0 atom stereocenters. The van der Waals surface area contributed by atoms with Crippen molar-refractivity contribution in [2.24, 2.45) is 5.92 Å². The molecule has 4 heteroatoms. The molecular formula is C17H22N2O2. The number of pyridine rings is 1. The fourth-order valence-electron chi connectivity index (χ4n) is 2.80. The van der Waals surface area contributed by atoms with E-state index in [2.05, 4.69) is 22.1 Å². The van der Waals surface area contributed by atoms with E-state index < -0.39 is 0 Å². The molecule has 112 valence electrons. The first-order chi connectivity index (χ1) is 10.3. The SMILES string of the molecule is O=C(NCCCC1CCCC1)c1ncccc1C#CCO. The number of carbonyl (C=O) groups excluding carboxylic acids is 1. The number of carbonyl (C=O) groups is 1. The molecule has 2 N–H and O–H groups in total. The van der Waals surface area contributed by atoms with Gasteiger partial charge in [-0.15, -0.1) is 0 Å². The lowest BCUT2D eigenvalue weighted by Gasteiger charge is -2.09. The summed E-state index contributed by atoms with van der Waals surface area (Å²) >= 11 is 0. The van der Waals surface area contributed by atoms with Gasteiger partial charge >= 0.3 is 0 Å². The van der Waals surface area contributed by atoms with Crippen LogP contribution in [-0.4, -0.2) is 29.1 Å². The second kappa shape index (κ2) is 8.43. The maximum absolute atomic E-state index is 12.1. The van der Waals surface area contributed by atoms with Gasteiger partial charge in [0.05, 0.1) is 5.56 Å². The number of hydrogen-bond donors (Lipinski definition) is 2. The maximum Gasteiger partial charge on any atom is 0.271 e. The van der Waals surface area contributed by atoms with E-state index in [-0.39, 0.29) is 12.5 Å². The van der Waals surface area contributed by atoms with Gasteiger partial charge in [0.25, 0.3) is 5.91 Å². The number of aromatic nitrogens is 1. The second-order valence-corrected chi connectivity index (χ2v) is 5.41. The van der Waals surface area contributed by atoms with Crippen molar-refractivity contribution in [2.75, 3.05) is 13.2 Å². The minimum atomic E-state index is -0.225. The third kappa shape index (κ3) is 4.87. The molecule has 0 unspecified atom stereocenters. The van der Waals surface area contributed by atoms with E-state index in [9.17, 15) is 4.79 Å². The van der Waals surface area contributed by atoms with Crippen LogP contribution in [0, 0.1) is 17.8 Å². The highest BCUT2D eigenvalue weighted by atomic mass is 16.2. The highest BCUT2D eigenvalue weighted by Gasteiger charge is 2.15. The van der Waals surface area contributed by atoms with Crippen molar-refractivity contribution in [1.29, 1.82) is 0 Å². The van der Waals surface area contributed by atoms with Gasteiger partial charge in [-0.1, -0.05) is 37.5 Å². The minimum absolute atomic E-state index is 0.190. The van der Waals surface area contributed by atoms with E-state index in [1.54, 1.807) is 18.3 Å². The molecule has 1 aliphatic carbocycles. The van der Waals surface area contributed by atoms with Crippen LogP contribution in [0.15, 0.2) is 18.3 Å². The molecule has 1 aromatic heterocycles. The van der Waals surface area contributed by atoms with E-state index in [1.807, 2.05) is 0 Å². The fraction of sp³-hybridized carbons (Fsp3) is 0.529. The summed E-state index contributed by atoms with van der Waals surface area (Å²) in [6.45, 7) is 0.454. The zero-order chi connectivity index (χ0) is 14.9. The number of rotatable bonds is 5. The van der Waals surface area contributed by atoms with E-state index >= 15 is 0 Å². The van der Waals surface area contributed by atoms with Crippen molar-refractivity contribution in [3.05, 3.63) is 29.6 Å². The number of nitrogens with zero attached hydrogens (tertiary/aromatic N) is 1. The summed E-state index contributed by atoms with van der Waals surface area (Å²) in [6.07, 6.45) is 9.19. The van der Waals surface area contributed by atoms with Gasteiger partial charge in [-0.05, 0) is 30.9 Å². The second-order valence-electron chi connectivity index (χ2n) is 5.41. The molecule has 1 fully saturated rings. The summed E-state index contributed by atoms with van der Waals surface area (Å²) in [5.74, 6) is 5.96. The zero-order valence-corrected chi connectivity index (χ0v) is 12.3. The van der Waals surface area contributed by atoms with Crippen LogP contribution in [0.5, 0.6) is 0 Å². The van der Waals surface area contributed by atoms with Crippen molar-refractivity contribution < 1.29 is 9.90 Å². The van der Waals surface area contributed by atoms with Crippen LogP contribution in [0.25, 0.3) is 0 Å². The first kappa shape index (κ1) is 15.5.